The zero-order chi connectivity index (χ0) is 25.4. The third-order valence-corrected chi connectivity index (χ3v) is 5.44. The van der Waals surface area contributed by atoms with Crippen molar-refractivity contribution in [2.24, 2.45) is 11.8 Å². The highest BCUT2D eigenvalue weighted by Gasteiger charge is 2.19. The first-order chi connectivity index (χ1) is 14.9. The van der Waals surface area contributed by atoms with E-state index in [2.05, 4.69) is 0 Å². The van der Waals surface area contributed by atoms with Gasteiger partial charge in [0.25, 0.3) is 0 Å². The minimum Gasteiger partial charge on any atom is -0.304 e. The van der Waals surface area contributed by atoms with Gasteiger partial charge >= 0.3 is 0 Å². The summed E-state index contributed by atoms with van der Waals surface area (Å²) in [6, 6.07) is 2.91. The molecule has 5 heteroatoms. The predicted molar refractivity (Wildman–Crippen MR) is 130 cm³/mol. The average molecular weight is 451 g/mol. The van der Waals surface area contributed by atoms with Crippen molar-refractivity contribution in [3.63, 3.8) is 0 Å². The highest BCUT2D eigenvalue weighted by atomic mass is 19.1. The molecule has 0 heterocycles. The lowest BCUT2D eigenvalue weighted by Crippen LogP contribution is -2.13. The molecule has 0 bridgehead atoms. The molecular formula is C27H43FO4. The molecule has 2 unspecified atom stereocenters. The van der Waals surface area contributed by atoms with Crippen molar-refractivity contribution in [2.75, 3.05) is 0 Å². The van der Waals surface area contributed by atoms with E-state index in [1.807, 2.05) is 48.5 Å². The molecule has 0 aromatic heterocycles. The van der Waals surface area contributed by atoms with E-state index in [4.69, 9.17) is 4.79 Å². The fourth-order valence-electron chi connectivity index (χ4n) is 2.99. The van der Waals surface area contributed by atoms with Crippen LogP contribution in [0.1, 0.15) is 115 Å². The van der Waals surface area contributed by atoms with Crippen molar-refractivity contribution in [1.29, 1.82) is 0 Å². The Morgan fingerprint density at radius 1 is 1.00 bits per heavy atom. The van der Waals surface area contributed by atoms with Crippen LogP contribution in [0.25, 0.3) is 0 Å². The van der Waals surface area contributed by atoms with E-state index >= 15 is 0 Å². The van der Waals surface area contributed by atoms with E-state index in [0.29, 0.717) is 24.8 Å². The quantitative estimate of drug-likeness (QED) is 0.283. The second-order valence-electron chi connectivity index (χ2n) is 8.57. The lowest BCUT2D eigenvalue weighted by molar-refractivity contribution is -0.121. The maximum Gasteiger partial charge on any atom is 0.166 e. The van der Waals surface area contributed by atoms with Crippen molar-refractivity contribution in [3.05, 3.63) is 34.6 Å². The van der Waals surface area contributed by atoms with Crippen LogP contribution in [-0.4, -0.2) is 23.6 Å². The number of halogens is 1. The first-order valence-electron chi connectivity index (χ1n) is 11.6. The van der Waals surface area contributed by atoms with Crippen LogP contribution >= 0.6 is 0 Å². The van der Waals surface area contributed by atoms with Gasteiger partial charge in [-0.1, -0.05) is 41.5 Å². The Morgan fingerprint density at radius 2 is 1.53 bits per heavy atom. The zero-order valence-corrected chi connectivity index (χ0v) is 21.5. The number of rotatable bonds is 10. The summed E-state index contributed by atoms with van der Waals surface area (Å²) in [5.74, 6) is 0.428. The molecule has 0 aliphatic rings. The summed E-state index contributed by atoms with van der Waals surface area (Å²) in [7, 11) is 0. The third-order valence-electron chi connectivity index (χ3n) is 5.44. The Bertz CT molecular complexity index is 737. The lowest BCUT2D eigenvalue weighted by atomic mass is 9.88. The monoisotopic (exact) mass is 450 g/mol. The Kier molecular flexibility index (Phi) is 17.4. The number of hydrogen-bond acceptors (Lipinski definition) is 4. The average Bonchev–Trinajstić information content (AvgIpc) is 2.73. The number of carbonyl (C=O) groups is 4. The van der Waals surface area contributed by atoms with E-state index in [1.165, 1.54) is 19.1 Å². The summed E-state index contributed by atoms with van der Waals surface area (Å²) in [4.78, 5) is 42.8. The van der Waals surface area contributed by atoms with Crippen LogP contribution in [-0.2, 0) is 14.4 Å². The summed E-state index contributed by atoms with van der Waals surface area (Å²) < 4.78 is 13.5. The second-order valence-corrected chi connectivity index (χ2v) is 8.57. The summed E-state index contributed by atoms with van der Waals surface area (Å²) in [5, 5.41) is 0. The summed E-state index contributed by atoms with van der Waals surface area (Å²) >= 11 is 0. The largest absolute Gasteiger partial charge is 0.304 e. The van der Waals surface area contributed by atoms with Crippen LogP contribution in [0.3, 0.4) is 0 Å². The molecule has 0 fully saturated rings. The maximum atomic E-state index is 13.5. The SMILES string of the molecule is CC=O.CCC(C)C(=O)c1cc(F)cc(C(C)C)c1C.CCCC(=O)CCC(C)C(C)=O. The molecular weight excluding hydrogens is 407 g/mol. The molecule has 1 aromatic rings. The van der Waals surface area contributed by atoms with Crippen LogP contribution in [0, 0.1) is 24.6 Å². The molecule has 0 aliphatic carbocycles. The Hall–Kier alpha value is -2.17. The van der Waals surface area contributed by atoms with Gasteiger partial charge in [0.15, 0.2) is 5.78 Å². The predicted octanol–water partition coefficient (Wildman–Crippen LogP) is 7.05. The van der Waals surface area contributed by atoms with Gasteiger partial charge in [-0.25, -0.2) is 4.39 Å². The van der Waals surface area contributed by atoms with Gasteiger partial charge in [0.05, 0.1) is 0 Å². The summed E-state index contributed by atoms with van der Waals surface area (Å²) in [6.07, 6.45) is 4.38. The molecule has 1 rings (SSSR count). The normalized spacial score (nSPS) is 12.0. The van der Waals surface area contributed by atoms with E-state index in [1.54, 1.807) is 6.92 Å². The van der Waals surface area contributed by atoms with Crippen molar-refractivity contribution >= 4 is 23.6 Å². The molecule has 0 amide bonds. The van der Waals surface area contributed by atoms with Crippen molar-refractivity contribution in [1.82, 2.24) is 0 Å². The number of aldehydes is 1. The van der Waals surface area contributed by atoms with E-state index < -0.39 is 0 Å². The van der Waals surface area contributed by atoms with Crippen molar-refractivity contribution in [3.8, 4) is 0 Å². The van der Waals surface area contributed by atoms with E-state index in [9.17, 15) is 18.8 Å². The highest BCUT2D eigenvalue weighted by molar-refractivity contribution is 5.99. The molecule has 2 atom stereocenters. The van der Waals surface area contributed by atoms with Gasteiger partial charge in [0, 0.05) is 30.2 Å². The van der Waals surface area contributed by atoms with Crippen LogP contribution in [0.5, 0.6) is 0 Å². The summed E-state index contributed by atoms with van der Waals surface area (Å²) in [6.45, 7) is 16.7. The van der Waals surface area contributed by atoms with Crippen LogP contribution < -0.4 is 0 Å². The lowest BCUT2D eigenvalue weighted by Gasteiger charge is -2.16. The molecule has 0 radical (unpaired) electrons. The Labute approximate surface area is 194 Å². The minimum atomic E-state index is -0.314. The van der Waals surface area contributed by atoms with Crippen LogP contribution in [0.4, 0.5) is 4.39 Å². The fraction of sp³-hybridized carbons (Fsp3) is 0.630. The first kappa shape index (κ1) is 32.0. The van der Waals surface area contributed by atoms with Crippen LogP contribution in [0.2, 0.25) is 0 Å². The van der Waals surface area contributed by atoms with Gasteiger partial charge in [0.1, 0.15) is 23.7 Å². The van der Waals surface area contributed by atoms with Gasteiger partial charge in [0.2, 0.25) is 0 Å². The van der Waals surface area contributed by atoms with Gasteiger partial charge in [-0.3, -0.25) is 14.4 Å². The Morgan fingerprint density at radius 3 is 1.94 bits per heavy atom. The van der Waals surface area contributed by atoms with Gasteiger partial charge in [-0.2, -0.15) is 0 Å². The smallest absolute Gasteiger partial charge is 0.166 e. The standard InChI is InChI=1S/C15H21FO.C10H18O2.C2H4O/c1-6-10(4)15(17)14-8-12(16)7-13(9(2)3)11(14)5;1-4-5-10(12)7-6-8(2)9(3)11;1-2-3/h7-10H,6H2,1-5H3;8H,4-7H2,1-3H3;2H,1H3. The second kappa shape index (κ2) is 17.4. The Balaban J connectivity index is 0. The first-order valence-corrected chi connectivity index (χ1v) is 11.6. The number of carbonyl (C=O) groups excluding carboxylic acids is 4. The van der Waals surface area contributed by atoms with Gasteiger partial charge in [-0.05, 0) is 69.2 Å². The zero-order valence-electron chi connectivity index (χ0n) is 21.5. The molecule has 32 heavy (non-hydrogen) atoms. The molecule has 4 nitrogen and oxygen atoms in total. The fourth-order valence-corrected chi connectivity index (χ4v) is 2.99. The molecule has 182 valence electrons. The number of benzene rings is 1. The van der Waals surface area contributed by atoms with Crippen molar-refractivity contribution in [2.45, 2.75) is 100 Å². The minimum absolute atomic E-state index is 0.0458. The number of ketones is 3. The third kappa shape index (κ3) is 12.6. The molecule has 0 spiro atoms. The van der Waals surface area contributed by atoms with Gasteiger partial charge in [-0.15, -0.1) is 0 Å². The molecule has 1 aromatic carbocycles. The van der Waals surface area contributed by atoms with E-state index in [0.717, 1.165) is 30.3 Å². The molecule has 0 aliphatic heterocycles. The molecule has 0 N–H and O–H groups in total. The summed E-state index contributed by atoms with van der Waals surface area (Å²) in [5.41, 5.74) is 2.39. The topological polar surface area (TPSA) is 68.3 Å². The van der Waals surface area contributed by atoms with Gasteiger partial charge < -0.3 is 4.79 Å². The molecule has 0 saturated heterocycles. The van der Waals surface area contributed by atoms with E-state index in [-0.39, 0.29) is 40.9 Å². The molecule has 0 saturated carbocycles. The number of hydrogen-bond donors (Lipinski definition) is 0. The number of Topliss-reactive ketones (excluding diaryl/α,β-unsaturated/α-hetero) is 3. The van der Waals surface area contributed by atoms with Crippen molar-refractivity contribution < 1.29 is 23.6 Å². The highest BCUT2D eigenvalue weighted by Crippen LogP contribution is 2.26. The van der Waals surface area contributed by atoms with Crippen LogP contribution in [0.15, 0.2) is 12.1 Å². The maximum absolute atomic E-state index is 13.5.